The van der Waals surface area contributed by atoms with Crippen LogP contribution in [0.4, 0.5) is 5.69 Å². The topological polar surface area (TPSA) is 3.24 Å². The summed E-state index contributed by atoms with van der Waals surface area (Å²) in [6.45, 7) is 6.45. The number of anilines is 1. The highest BCUT2D eigenvalue weighted by Crippen LogP contribution is 2.21. The Kier molecular flexibility index (Phi) is 5.83. The van der Waals surface area contributed by atoms with Gasteiger partial charge in [0.05, 0.1) is 0 Å². The van der Waals surface area contributed by atoms with Crippen LogP contribution in [-0.2, 0) is 0 Å². The third-order valence-corrected chi connectivity index (χ3v) is 3.52. The summed E-state index contributed by atoms with van der Waals surface area (Å²) in [5.74, 6) is 0. The maximum atomic E-state index is 2.38. The van der Waals surface area contributed by atoms with Crippen LogP contribution in [0.25, 0.3) is 12.2 Å². The van der Waals surface area contributed by atoms with Crippen molar-refractivity contribution in [1.82, 2.24) is 0 Å². The average molecular weight is 277 g/mol. The van der Waals surface area contributed by atoms with Crippen molar-refractivity contribution in [1.29, 1.82) is 0 Å². The maximum Gasteiger partial charge on any atom is 0.0439 e. The monoisotopic (exact) mass is 277 g/mol. The fraction of sp³-hybridized carbons (Fsp3) is 0.200. The summed E-state index contributed by atoms with van der Waals surface area (Å²) in [5, 5.41) is 0. The predicted molar refractivity (Wildman–Crippen MR) is 94.5 cm³/mol. The van der Waals surface area contributed by atoms with Crippen molar-refractivity contribution in [3.05, 3.63) is 77.9 Å². The van der Waals surface area contributed by atoms with Gasteiger partial charge in [-0.05, 0) is 31.0 Å². The molecule has 0 unspecified atom stereocenters. The van der Waals surface area contributed by atoms with Crippen LogP contribution in [0.15, 0.2) is 66.7 Å². The number of para-hydroxylation sites is 1. The molecule has 2 rings (SSSR count). The van der Waals surface area contributed by atoms with Crippen molar-refractivity contribution in [3.63, 3.8) is 0 Å². The van der Waals surface area contributed by atoms with E-state index in [-0.39, 0.29) is 0 Å². The van der Waals surface area contributed by atoms with Gasteiger partial charge in [-0.3, -0.25) is 0 Å². The summed E-state index contributed by atoms with van der Waals surface area (Å²) < 4.78 is 0. The van der Waals surface area contributed by atoms with Gasteiger partial charge in [0, 0.05) is 18.8 Å². The molecule has 2 aromatic rings. The Morgan fingerprint density at radius 2 is 1.38 bits per heavy atom. The summed E-state index contributed by atoms with van der Waals surface area (Å²) in [6, 6.07) is 18.9. The van der Waals surface area contributed by atoms with E-state index in [1.165, 1.54) is 16.8 Å². The molecule has 1 nitrogen and oxygen atoms in total. The lowest BCUT2D eigenvalue weighted by molar-refractivity contribution is 0.865. The Balaban J connectivity index is 2.12. The SMILES string of the molecule is CCN(CC)c1ccccc1C=CC=Cc1ccccc1. The zero-order valence-electron chi connectivity index (χ0n) is 12.9. The van der Waals surface area contributed by atoms with Gasteiger partial charge >= 0.3 is 0 Å². The number of hydrogen-bond donors (Lipinski definition) is 0. The first-order valence-electron chi connectivity index (χ1n) is 7.59. The largest absolute Gasteiger partial charge is 0.372 e. The van der Waals surface area contributed by atoms with Gasteiger partial charge < -0.3 is 4.90 Å². The zero-order chi connectivity index (χ0) is 14.9. The maximum absolute atomic E-state index is 2.38. The van der Waals surface area contributed by atoms with Gasteiger partial charge in [0.15, 0.2) is 0 Å². The molecule has 0 aromatic heterocycles. The molecule has 0 saturated heterocycles. The molecule has 0 aliphatic rings. The molecule has 0 spiro atoms. The van der Waals surface area contributed by atoms with Gasteiger partial charge in [0.1, 0.15) is 0 Å². The molecule has 0 radical (unpaired) electrons. The molecular weight excluding hydrogens is 254 g/mol. The number of nitrogens with zero attached hydrogens (tertiary/aromatic N) is 1. The molecule has 0 N–H and O–H groups in total. The van der Waals surface area contributed by atoms with Gasteiger partial charge in [-0.2, -0.15) is 0 Å². The van der Waals surface area contributed by atoms with Crippen LogP contribution in [0.3, 0.4) is 0 Å². The summed E-state index contributed by atoms with van der Waals surface area (Å²) in [6.07, 6.45) is 8.49. The molecule has 0 heterocycles. The first-order chi connectivity index (χ1) is 10.3. The molecule has 108 valence electrons. The van der Waals surface area contributed by atoms with Crippen molar-refractivity contribution in [2.45, 2.75) is 13.8 Å². The number of rotatable bonds is 6. The van der Waals surface area contributed by atoms with E-state index in [9.17, 15) is 0 Å². The van der Waals surface area contributed by atoms with E-state index in [1.54, 1.807) is 0 Å². The van der Waals surface area contributed by atoms with Crippen molar-refractivity contribution >= 4 is 17.8 Å². The number of hydrogen-bond acceptors (Lipinski definition) is 1. The summed E-state index contributed by atoms with van der Waals surface area (Å²) in [5.41, 5.74) is 3.78. The fourth-order valence-electron chi connectivity index (χ4n) is 2.37. The Morgan fingerprint density at radius 3 is 2.10 bits per heavy atom. The lowest BCUT2D eigenvalue weighted by atomic mass is 10.1. The minimum Gasteiger partial charge on any atom is -0.372 e. The lowest BCUT2D eigenvalue weighted by Crippen LogP contribution is -2.22. The second kappa shape index (κ2) is 8.11. The van der Waals surface area contributed by atoms with E-state index in [1.807, 2.05) is 6.07 Å². The number of allylic oxidation sites excluding steroid dienone is 2. The highest BCUT2D eigenvalue weighted by Gasteiger charge is 2.04. The second-order valence-corrected chi connectivity index (χ2v) is 4.86. The predicted octanol–water partition coefficient (Wildman–Crippen LogP) is 5.26. The molecule has 0 amide bonds. The van der Waals surface area contributed by atoms with Gasteiger partial charge in [0.25, 0.3) is 0 Å². The first kappa shape index (κ1) is 15.1. The smallest absolute Gasteiger partial charge is 0.0439 e. The first-order valence-corrected chi connectivity index (χ1v) is 7.59. The summed E-state index contributed by atoms with van der Waals surface area (Å²) >= 11 is 0. The molecule has 1 heteroatoms. The Labute approximate surface area is 128 Å². The molecule has 21 heavy (non-hydrogen) atoms. The normalized spacial score (nSPS) is 11.3. The lowest BCUT2D eigenvalue weighted by Gasteiger charge is -2.23. The molecule has 0 aliphatic heterocycles. The van der Waals surface area contributed by atoms with E-state index >= 15 is 0 Å². The van der Waals surface area contributed by atoms with E-state index < -0.39 is 0 Å². The van der Waals surface area contributed by atoms with E-state index in [0.29, 0.717) is 0 Å². The van der Waals surface area contributed by atoms with Crippen LogP contribution >= 0.6 is 0 Å². The summed E-state index contributed by atoms with van der Waals surface area (Å²) in [7, 11) is 0. The van der Waals surface area contributed by atoms with Crippen molar-refractivity contribution in [3.8, 4) is 0 Å². The van der Waals surface area contributed by atoms with E-state index in [2.05, 4.69) is 91.6 Å². The average Bonchev–Trinajstić information content (AvgIpc) is 2.55. The van der Waals surface area contributed by atoms with Gasteiger partial charge in [-0.25, -0.2) is 0 Å². The van der Waals surface area contributed by atoms with Crippen LogP contribution < -0.4 is 4.90 Å². The van der Waals surface area contributed by atoms with Crippen LogP contribution in [0.1, 0.15) is 25.0 Å². The van der Waals surface area contributed by atoms with Crippen LogP contribution in [0.5, 0.6) is 0 Å². The Bertz CT molecular complexity index is 592. The summed E-state index contributed by atoms with van der Waals surface area (Å²) in [4.78, 5) is 2.38. The van der Waals surface area contributed by atoms with Crippen LogP contribution in [0.2, 0.25) is 0 Å². The van der Waals surface area contributed by atoms with E-state index in [0.717, 1.165) is 13.1 Å². The third kappa shape index (κ3) is 4.35. The van der Waals surface area contributed by atoms with Gasteiger partial charge in [0.2, 0.25) is 0 Å². The molecule has 0 bridgehead atoms. The zero-order valence-corrected chi connectivity index (χ0v) is 12.9. The second-order valence-electron chi connectivity index (χ2n) is 4.86. The highest BCUT2D eigenvalue weighted by molar-refractivity contribution is 5.69. The fourth-order valence-corrected chi connectivity index (χ4v) is 2.37. The Morgan fingerprint density at radius 1 is 0.762 bits per heavy atom. The molecule has 0 saturated carbocycles. The molecule has 0 fully saturated rings. The minimum atomic E-state index is 1.03. The van der Waals surface area contributed by atoms with Gasteiger partial charge in [-0.1, -0.05) is 72.8 Å². The minimum absolute atomic E-state index is 1.03. The quantitative estimate of drug-likeness (QED) is 0.651. The Hall–Kier alpha value is -2.28. The highest BCUT2D eigenvalue weighted by atomic mass is 15.1. The van der Waals surface area contributed by atoms with Crippen molar-refractivity contribution in [2.24, 2.45) is 0 Å². The van der Waals surface area contributed by atoms with Crippen molar-refractivity contribution in [2.75, 3.05) is 18.0 Å². The number of benzene rings is 2. The standard InChI is InChI=1S/C20H23N/c1-3-21(4-2)20-17-11-10-16-19(20)15-9-8-14-18-12-6-5-7-13-18/h5-17H,3-4H2,1-2H3. The molecule has 2 aromatic carbocycles. The van der Waals surface area contributed by atoms with Crippen LogP contribution in [-0.4, -0.2) is 13.1 Å². The van der Waals surface area contributed by atoms with E-state index in [4.69, 9.17) is 0 Å². The molecule has 0 aliphatic carbocycles. The molecule has 0 atom stereocenters. The molecular formula is C20H23N. The van der Waals surface area contributed by atoms with Crippen LogP contribution in [0, 0.1) is 0 Å². The van der Waals surface area contributed by atoms with Gasteiger partial charge in [-0.15, -0.1) is 0 Å². The third-order valence-electron chi connectivity index (χ3n) is 3.52. The van der Waals surface area contributed by atoms with Crippen molar-refractivity contribution < 1.29 is 0 Å².